The second kappa shape index (κ2) is 11.3. The number of nitrogens with zero attached hydrogens (tertiary/aromatic N) is 4. The van der Waals surface area contributed by atoms with Crippen molar-refractivity contribution in [3.05, 3.63) is 35.4 Å². The second-order valence-corrected chi connectivity index (χ2v) is 11.2. The molecule has 41 heavy (non-hydrogen) atoms. The van der Waals surface area contributed by atoms with Crippen molar-refractivity contribution < 1.29 is 33.6 Å². The molecule has 7 rings (SSSR count). The van der Waals surface area contributed by atoms with E-state index in [2.05, 4.69) is 27.0 Å². The predicted octanol–water partition coefficient (Wildman–Crippen LogP) is 2.62. The summed E-state index contributed by atoms with van der Waals surface area (Å²) in [4.78, 5) is 28.8. The Morgan fingerprint density at radius 2 is 1.78 bits per heavy atom. The highest BCUT2D eigenvalue weighted by molar-refractivity contribution is 6.33. The van der Waals surface area contributed by atoms with Crippen LogP contribution in [-0.2, 0) is 18.9 Å². The average Bonchev–Trinajstić information content (AvgIpc) is 3.70. The van der Waals surface area contributed by atoms with Gasteiger partial charge in [-0.3, -0.25) is 0 Å². The Kier molecular flexibility index (Phi) is 7.34. The molecular weight excluding hydrogens is 554 g/mol. The van der Waals surface area contributed by atoms with Crippen LogP contribution in [0.5, 0.6) is 6.01 Å². The van der Waals surface area contributed by atoms with Crippen LogP contribution >= 0.6 is 11.6 Å². The van der Waals surface area contributed by atoms with Gasteiger partial charge in [-0.2, -0.15) is 4.98 Å². The predicted molar refractivity (Wildman–Crippen MR) is 148 cm³/mol. The Labute approximate surface area is 241 Å². The van der Waals surface area contributed by atoms with E-state index in [4.69, 9.17) is 40.3 Å². The number of morpholine rings is 1. The lowest BCUT2D eigenvalue weighted by Gasteiger charge is -2.35. The number of fused-ring (bicyclic) bond motifs is 2. The largest absolute Gasteiger partial charge is 0.456 e. The summed E-state index contributed by atoms with van der Waals surface area (Å²) >= 11 is 6.63. The van der Waals surface area contributed by atoms with Gasteiger partial charge in [0.2, 0.25) is 0 Å². The molecule has 0 aliphatic carbocycles. The van der Waals surface area contributed by atoms with E-state index in [0.29, 0.717) is 60.8 Å². The zero-order chi connectivity index (χ0) is 27.9. The number of rotatable bonds is 5. The van der Waals surface area contributed by atoms with Gasteiger partial charge in [0, 0.05) is 50.3 Å². The lowest BCUT2D eigenvalue weighted by atomic mass is 10.1. The minimum atomic E-state index is -0.643. The molecule has 1 amide bonds. The number of pyridine rings is 1. The minimum absolute atomic E-state index is 0.0711. The summed E-state index contributed by atoms with van der Waals surface area (Å²) < 4.78 is 28.3. The van der Waals surface area contributed by atoms with Crippen molar-refractivity contribution in [2.75, 3.05) is 57.5 Å². The highest BCUT2D eigenvalue weighted by atomic mass is 35.5. The number of aromatic nitrogens is 3. The molecule has 0 spiro atoms. The van der Waals surface area contributed by atoms with Crippen LogP contribution in [0.3, 0.4) is 0 Å². The summed E-state index contributed by atoms with van der Waals surface area (Å²) in [5, 5.41) is 10.5. The van der Waals surface area contributed by atoms with Crippen molar-refractivity contribution in [3.8, 4) is 17.3 Å². The van der Waals surface area contributed by atoms with Gasteiger partial charge in [0.1, 0.15) is 24.4 Å². The molecule has 218 valence electrons. The van der Waals surface area contributed by atoms with Crippen molar-refractivity contribution in [3.63, 3.8) is 0 Å². The number of aliphatic hydroxyl groups excluding tert-OH is 1. The van der Waals surface area contributed by atoms with Gasteiger partial charge in [0.25, 0.3) is 6.01 Å². The number of H-pyrrole nitrogens is 1. The summed E-state index contributed by atoms with van der Waals surface area (Å²) in [5.74, 6) is 0. The summed E-state index contributed by atoms with van der Waals surface area (Å²) in [6, 6.07) is 10.2. The quantitative estimate of drug-likeness (QED) is 0.460. The molecule has 13 heteroatoms. The Balaban J connectivity index is 0.981. The molecular formula is C28H32ClN5O7. The van der Waals surface area contributed by atoms with E-state index in [-0.39, 0.29) is 37.1 Å². The topological polar surface area (TPSA) is 132 Å². The van der Waals surface area contributed by atoms with Crippen LogP contribution in [0.25, 0.3) is 22.4 Å². The molecule has 4 aliphatic rings. The fourth-order valence-electron chi connectivity index (χ4n) is 5.87. The van der Waals surface area contributed by atoms with Crippen LogP contribution in [0.4, 0.5) is 10.5 Å². The number of benzene rings is 1. The zero-order valence-electron chi connectivity index (χ0n) is 22.4. The average molecular weight is 586 g/mol. The molecule has 4 fully saturated rings. The van der Waals surface area contributed by atoms with Crippen LogP contribution < -0.4 is 9.64 Å². The Bertz CT molecular complexity index is 1390. The van der Waals surface area contributed by atoms with Crippen molar-refractivity contribution in [1.29, 1.82) is 0 Å². The van der Waals surface area contributed by atoms with Crippen LogP contribution in [-0.4, -0.2) is 114 Å². The summed E-state index contributed by atoms with van der Waals surface area (Å²) in [7, 11) is 0. The lowest BCUT2D eigenvalue weighted by Crippen LogP contribution is -2.44. The number of piperidine rings is 1. The number of aliphatic hydroxyl groups is 1. The number of imidazole rings is 1. The maximum absolute atomic E-state index is 12.4. The molecule has 1 aromatic carbocycles. The van der Waals surface area contributed by atoms with Crippen molar-refractivity contribution in [2.24, 2.45) is 0 Å². The number of aromatic amines is 1. The van der Waals surface area contributed by atoms with Gasteiger partial charge in [-0.25, -0.2) is 9.78 Å². The molecule has 4 saturated heterocycles. The number of amides is 1. The Morgan fingerprint density at radius 3 is 2.56 bits per heavy atom. The van der Waals surface area contributed by atoms with E-state index < -0.39 is 6.10 Å². The van der Waals surface area contributed by atoms with Gasteiger partial charge in [0.15, 0.2) is 11.8 Å². The maximum atomic E-state index is 12.4. The SMILES string of the molecule is O=C(OC1CCN(c2ccc(-c3nc4nc(OC5COC6C(O)COC56)[nH]c4cc3Cl)cc2)CC1)N1CCOCC1. The molecule has 4 unspecified atom stereocenters. The van der Waals surface area contributed by atoms with E-state index in [1.54, 1.807) is 11.0 Å². The number of ether oxygens (including phenoxy) is 5. The van der Waals surface area contributed by atoms with Gasteiger partial charge in [-0.05, 0) is 18.2 Å². The van der Waals surface area contributed by atoms with Crippen molar-refractivity contribution in [2.45, 2.75) is 43.4 Å². The first-order valence-corrected chi connectivity index (χ1v) is 14.4. The van der Waals surface area contributed by atoms with E-state index in [1.807, 2.05) is 12.1 Å². The first-order chi connectivity index (χ1) is 20.0. The van der Waals surface area contributed by atoms with Gasteiger partial charge in [0.05, 0.1) is 42.7 Å². The van der Waals surface area contributed by atoms with Crippen LogP contribution in [0.1, 0.15) is 12.8 Å². The van der Waals surface area contributed by atoms with Crippen LogP contribution in [0.2, 0.25) is 5.02 Å². The van der Waals surface area contributed by atoms with E-state index in [1.165, 1.54) is 0 Å². The van der Waals surface area contributed by atoms with Gasteiger partial charge in [-0.1, -0.05) is 23.7 Å². The number of hydrogen-bond donors (Lipinski definition) is 2. The van der Waals surface area contributed by atoms with Crippen molar-refractivity contribution in [1.82, 2.24) is 19.9 Å². The standard InChI is InChI=1S/C28H32ClN5O7/c29-19-13-20-26(32-27(30-20)41-22-15-39-24-21(35)14-38-25(22)24)31-23(19)16-1-3-17(4-2-16)33-7-5-18(6-8-33)40-28(36)34-9-11-37-12-10-34/h1-4,13,18,21-22,24-25,35H,5-12,14-15H2,(H,30,31,32). The molecule has 12 nitrogen and oxygen atoms in total. The van der Waals surface area contributed by atoms with E-state index in [0.717, 1.165) is 37.2 Å². The number of halogens is 1. The molecule has 2 N–H and O–H groups in total. The summed E-state index contributed by atoms with van der Waals surface area (Å²) in [6.45, 7) is 4.46. The van der Waals surface area contributed by atoms with Gasteiger partial charge >= 0.3 is 6.09 Å². The minimum Gasteiger partial charge on any atom is -0.456 e. The monoisotopic (exact) mass is 585 g/mol. The number of anilines is 1. The Hall–Kier alpha value is -3.16. The second-order valence-electron chi connectivity index (χ2n) is 10.8. The highest BCUT2D eigenvalue weighted by Gasteiger charge is 2.48. The molecule has 4 atom stereocenters. The molecule has 0 bridgehead atoms. The summed E-state index contributed by atoms with van der Waals surface area (Å²) in [5.41, 5.74) is 3.74. The third kappa shape index (κ3) is 5.42. The number of nitrogens with one attached hydrogen (secondary N) is 1. The van der Waals surface area contributed by atoms with E-state index in [9.17, 15) is 9.90 Å². The smallest absolute Gasteiger partial charge is 0.410 e. The van der Waals surface area contributed by atoms with Crippen molar-refractivity contribution >= 4 is 34.5 Å². The molecule has 0 saturated carbocycles. The third-order valence-corrected chi connectivity index (χ3v) is 8.42. The van der Waals surface area contributed by atoms with Gasteiger partial charge in [-0.15, -0.1) is 0 Å². The fourth-order valence-corrected chi connectivity index (χ4v) is 6.13. The number of carbonyl (C=O) groups excluding carboxylic acids is 1. The molecule has 6 heterocycles. The number of hydrogen-bond acceptors (Lipinski definition) is 10. The Morgan fingerprint density at radius 1 is 1.02 bits per heavy atom. The normalized spacial score (nSPS) is 26.9. The first-order valence-electron chi connectivity index (χ1n) is 14.0. The number of carbonyl (C=O) groups is 1. The highest BCUT2D eigenvalue weighted by Crippen LogP contribution is 2.33. The van der Waals surface area contributed by atoms with Gasteiger partial charge < -0.3 is 43.6 Å². The maximum Gasteiger partial charge on any atom is 0.410 e. The fraction of sp³-hybridized carbons (Fsp3) is 0.536. The zero-order valence-corrected chi connectivity index (χ0v) is 23.2. The molecule has 2 aromatic heterocycles. The summed E-state index contributed by atoms with van der Waals surface area (Å²) in [6.07, 6.45) is -0.470. The lowest BCUT2D eigenvalue weighted by molar-refractivity contribution is 0.00705. The third-order valence-electron chi connectivity index (χ3n) is 8.13. The van der Waals surface area contributed by atoms with Crippen LogP contribution in [0.15, 0.2) is 30.3 Å². The molecule has 0 radical (unpaired) electrons. The van der Waals surface area contributed by atoms with Crippen LogP contribution in [0, 0.1) is 0 Å². The first kappa shape index (κ1) is 26.7. The molecule has 4 aliphatic heterocycles. The molecule has 3 aromatic rings. The van der Waals surface area contributed by atoms with E-state index >= 15 is 0 Å².